The van der Waals surface area contributed by atoms with Crippen LogP contribution in [0.25, 0.3) is 11.3 Å². The van der Waals surface area contributed by atoms with E-state index in [1.807, 2.05) is 0 Å². The number of nitrogens with zero attached hydrogens (tertiary/aromatic N) is 2. The molecule has 0 aliphatic carbocycles. The maximum Gasteiger partial charge on any atom is 0.388 e. The zero-order chi connectivity index (χ0) is 24.2. The second-order valence-electron chi connectivity index (χ2n) is 6.50. The largest absolute Gasteiger partial charge is 0.507 e. The van der Waals surface area contributed by atoms with E-state index in [2.05, 4.69) is 25.5 Å². The summed E-state index contributed by atoms with van der Waals surface area (Å²) in [5.74, 6) is -2.06. The smallest absolute Gasteiger partial charge is 0.388 e. The first-order valence-electron chi connectivity index (χ1n) is 9.01. The van der Waals surface area contributed by atoms with Gasteiger partial charge >= 0.3 is 6.18 Å². The van der Waals surface area contributed by atoms with E-state index in [-0.39, 0.29) is 33.4 Å². The van der Waals surface area contributed by atoms with Gasteiger partial charge < -0.3 is 15.4 Å². The van der Waals surface area contributed by atoms with E-state index < -0.39 is 35.6 Å². The number of amides is 1. The van der Waals surface area contributed by atoms with Crippen molar-refractivity contribution in [2.24, 2.45) is 0 Å². The summed E-state index contributed by atoms with van der Waals surface area (Å²) in [6, 6.07) is 1.90. The Balaban J connectivity index is 0.000000534. The molecule has 172 valence electrons. The highest BCUT2D eigenvalue weighted by Crippen LogP contribution is 2.30. The maximum absolute atomic E-state index is 14.5. The molecule has 0 unspecified atom stereocenters. The van der Waals surface area contributed by atoms with Crippen molar-refractivity contribution < 1.29 is 27.5 Å². The van der Waals surface area contributed by atoms with E-state index in [1.54, 1.807) is 6.92 Å². The van der Waals surface area contributed by atoms with Crippen molar-refractivity contribution in [3.05, 3.63) is 56.6 Å². The quantitative estimate of drug-likeness (QED) is 0.416. The highest BCUT2D eigenvalue weighted by Gasteiger charge is 2.22. The number of aromatic hydroxyl groups is 1. The van der Waals surface area contributed by atoms with Crippen LogP contribution >= 0.6 is 11.6 Å². The van der Waals surface area contributed by atoms with Crippen LogP contribution < -0.4 is 10.9 Å². The molecule has 3 rings (SSSR count). The topological polar surface area (TPSA) is 124 Å². The molecule has 13 heteroatoms. The summed E-state index contributed by atoms with van der Waals surface area (Å²) < 4.78 is 46.8. The van der Waals surface area contributed by atoms with Gasteiger partial charge in [-0.25, -0.2) is 4.39 Å². The molecule has 2 aromatic heterocycles. The Morgan fingerprint density at radius 1 is 1.28 bits per heavy atom. The fourth-order valence-corrected chi connectivity index (χ4v) is 2.51. The number of hydrogen-bond donors (Lipinski definition) is 4. The highest BCUT2D eigenvalue weighted by molar-refractivity contribution is 6.33. The summed E-state index contributed by atoms with van der Waals surface area (Å²) in [5.41, 5.74) is 0.159. The molecule has 1 aromatic carbocycles. The molecule has 2 heterocycles. The Bertz CT molecular complexity index is 1170. The lowest BCUT2D eigenvalue weighted by Gasteiger charge is -2.10. The van der Waals surface area contributed by atoms with E-state index in [4.69, 9.17) is 11.6 Å². The summed E-state index contributed by atoms with van der Waals surface area (Å²) in [4.78, 5) is 30.3. The summed E-state index contributed by atoms with van der Waals surface area (Å²) in [6.45, 7) is 4.23. The van der Waals surface area contributed by atoms with E-state index in [0.717, 1.165) is 19.1 Å². The zero-order valence-electron chi connectivity index (χ0n) is 17.0. The number of H-pyrrole nitrogens is 2. The van der Waals surface area contributed by atoms with Crippen LogP contribution in [0, 0.1) is 19.7 Å². The minimum absolute atomic E-state index is 0.0377. The molecule has 0 saturated carbocycles. The average Bonchev–Trinajstić information content (AvgIpc) is 3.03. The molecule has 0 aliphatic heterocycles. The molecule has 0 saturated heterocycles. The van der Waals surface area contributed by atoms with Crippen LogP contribution in [0.15, 0.2) is 23.1 Å². The summed E-state index contributed by atoms with van der Waals surface area (Å²) in [6.07, 6.45) is -3.42. The molecule has 32 heavy (non-hydrogen) atoms. The number of aryl methyl sites for hydroxylation is 2. The average molecular weight is 476 g/mol. The van der Waals surface area contributed by atoms with Crippen LogP contribution in [0.3, 0.4) is 0 Å². The summed E-state index contributed by atoms with van der Waals surface area (Å²) in [5, 5.41) is 18.9. The molecule has 0 bridgehead atoms. The first kappa shape index (κ1) is 24.9. The molecule has 3 aromatic rings. The van der Waals surface area contributed by atoms with E-state index in [9.17, 15) is 32.3 Å². The normalized spacial score (nSPS) is 11.0. The van der Waals surface area contributed by atoms with Gasteiger partial charge in [-0.15, -0.1) is 0 Å². The predicted molar refractivity (Wildman–Crippen MR) is 109 cm³/mol. The molecule has 0 aliphatic rings. The fraction of sp³-hybridized carbons (Fsp3) is 0.263. The Morgan fingerprint density at radius 3 is 2.41 bits per heavy atom. The number of aromatic nitrogens is 4. The summed E-state index contributed by atoms with van der Waals surface area (Å²) in [7, 11) is 0. The molecular formula is C19H18ClF4N5O3. The van der Waals surface area contributed by atoms with Crippen LogP contribution in [-0.4, -0.2) is 37.4 Å². The van der Waals surface area contributed by atoms with Crippen molar-refractivity contribution in [3.8, 4) is 17.0 Å². The van der Waals surface area contributed by atoms with Crippen LogP contribution in [0.2, 0.25) is 5.15 Å². The van der Waals surface area contributed by atoms with Gasteiger partial charge in [0.05, 0.1) is 23.1 Å². The van der Waals surface area contributed by atoms with E-state index >= 15 is 0 Å². The lowest BCUT2D eigenvalue weighted by molar-refractivity contribution is -0.130. The lowest BCUT2D eigenvalue weighted by atomic mass is 10.1. The van der Waals surface area contributed by atoms with Crippen molar-refractivity contribution in [1.82, 2.24) is 20.2 Å². The second-order valence-corrected chi connectivity index (χ2v) is 6.86. The number of hydrogen-bond acceptors (Lipinski definition) is 5. The third-order valence-electron chi connectivity index (χ3n) is 4.13. The Morgan fingerprint density at radius 2 is 1.91 bits per heavy atom. The van der Waals surface area contributed by atoms with Crippen molar-refractivity contribution in [2.75, 3.05) is 5.32 Å². The minimum Gasteiger partial charge on any atom is -0.507 e. The van der Waals surface area contributed by atoms with Crippen molar-refractivity contribution in [2.45, 2.75) is 33.4 Å². The number of anilines is 1. The SMILES string of the molecule is CCC(F)(F)F.Cc1[nH]nc(Cl)c1NC(=O)c1cc(F)c(-c2cnc(C)c(=O)[nH]2)cc1O. The molecule has 0 atom stereocenters. The van der Waals surface area contributed by atoms with Gasteiger partial charge in [0.25, 0.3) is 11.5 Å². The van der Waals surface area contributed by atoms with Gasteiger partial charge in [-0.05, 0) is 26.0 Å². The Labute approximate surface area is 183 Å². The van der Waals surface area contributed by atoms with Gasteiger partial charge in [0.1, 0.15) is 22.9 Å². The molecule has 0 fully saturated rings. The van der Waals surface area contributed by atoms with Crippen molar-refractivity contribution in [1.29, 1.82) is 0 Å². The first-order chi connectivity index (χ1) is 14.8. The fourth-order valence-electron chi connectivity index (χ4n) is 2.28. The summed E-state index contributed by atoms with van der Waals surface area (Å²) >= 11 is 5.85. The van der Waals surface area contributed by atoms with Gasteiger partial charge in [0.15, 0.2) is 5.15 Å². The molecule has 4 N–H and O–H groups in total. The van der Waals surface area contributed by atoms with Crippen LogP contribution in [0.1, 0.15) is 35.1 Å². The van der Waals surface area contributed by atoms with Crippen molar-refractivity contribution >= 4 is 23.2 Å². The maximum atomic E-state index is 14.5. The van der Waals surface area contributed by atoms with E-state index in [1.165, 1.54) is 13.1 Å². The number of rotatable bonds is 3. The van der Waals surface area contributed by atoms with Gasteiger partial charge in [0, 0.05) is 12.0 Å². The minimum atomic E-state index is -3.96. The number of phenolic OH excluding ortho intramolecular Hbond substituents is 1. The number of nitrogens with one attached hydrogen (secondary N) is 3. The number of alkyl halides is 3. The van der Waals surface area contributed by atoms with Crippen LogP contribution in [0.5, 0.6) is 5.75 Å². The van der Waals surface area contributed by atoms with Gasteiger partial charge in [-0.3, -0.25) is 19.7 Å². The molecule has 1 amide bonds. The molecule has 0 spiro atoms. The van der Waals surface area contributed by atoms with Gasteiger partial charge in [-0.2, -0.15) is 18.3 Å². The first-order valence-corrected chi connectivity index (χ1v) is 9.39. The van der Waals surface area contributed by atoms with Gasteiger partial charge in [0.2, 0.25) is 0 Å². The Hall–Kier alpha value is -3.41. The second kappa shape index (κ2) is 9.81. The number of carbonyl (C=O) groups is 1. The standard InChI is InChI=1S/C16H13ClFN5O3.C3H5F3/c1-6-13(14(17)23-22-6)21-16(26)9-3-10(18)8(4-12(9)24)11-5-19-7(2)15(25)20-11;1-2-3(4,5)6/h3-5,24H,1-2H3,(H,20,25)(H,21,26)(H,22,23);2H2,1H3. The van der Waals surface area contributed by atoms with E-state index in [0.29, 0.717) is 5.69 Å². The lowest BCUT2D eigenvalue weighted by Crippen LogP contribution is -2.14. The number of halogens is 5. The number of aromatic amines is 2. The van der Waals surface area contributed by atoms with Gasteiger partial charge in [-0.1, -0.05) is 18.5 Å². The predicted octanol–water partition coefficient (Wildman–Crippen LogP) is 4.49. The third-order valence-corrected chi connectivity index (χ3v) is 4.40. The zero-order valence-corrected chi connectivity index (χ0v) is 17.7. The molecule has 0 radical (unpaired) electrons. The Kier molecular flexibility index (Phi) is 7.62. The number of benzene rings is 1. The van der Waals surface area contributed by atoms with Crippen LogP contribution in [0.4, 0.5) is 23.2 Å². The molecular weight excluding hydrogens is 458 g/mol. The monoisotopic (exact) mass is 475 g/mol. The van der Waals surface area contributed by atoms with Crippen LogP contribution in [-0.2, 0) is 0 Å². The molecule has 8 nitrogen and oxygen atoms in total. The number of phenols is 1. The third kappa shape index (κ3) is 6.06. The highest BCUT2D eigenvalue weighted by atomic mass is 35.5. The van der Waals surface area contributed by atoms with Crippen molar-refractivity contribution in [3.63, 3.8) is 0 Å². The number of carbonyl (C=O) groups excluding carboxylic acids is 1.